The molecule has 1 atom stereocenters. The minimum atomic E-state index is -0.633. The fourth-order valence-corrected chi connectivity index (χ4v) is 2.60. The maximum absolute atomic E-state index is 12.3. The third-order valence-corrected chi connectivity index (χ3v) is 3.88. The Bertz CT molecular complexity index is 823. The molecule has 0 saturated heterocycles. The molecule has 0 aliphatic carbocycles. The predicted molar refractivity (Wildman–Crippen MR) is 92.7 cm³/mol. The second kappa shape index (κ2) is 7.29. The summed E-state index contributed by atoms with van der Waals surface area (Å²) in [5.41, 5.74) is 8.76. The molecule has 0 aliphatic rings. The van der Waals surface area contributed by atoms with E-state index in [2.05, 4.69) is 15.4 Å². The Balaban J connectivity index is 1.61. The molecular weight excluding hydrogens is 306 g/mol. The molecule has 0 radical (unpaired) electrons. The Kier molecular flexibility index (Phi) is 4.93. The van der Waals surface area contributed by atoms with Crippen LogP contribution >= 0.6 is 0 Å². The molecule has 7 heteroatoms. The lowest BCUT2D eigenvalue weighted by Gasteiger charge is -2.10. The van der Waals surface area contributed by atoms with Gasteiger partial charge in [-0.3, -0.25) is 9.48 Å². The van der Waals surface area contributed by atoms with Crippen LogP contribution in [0.3, 0.4) is 0 Å². The van der Waals surface area contributed by atoms with Gasteiger partial charge in [0.05, 0.1) is 31.1 Å². The molecule has 0 saturated carbocycles. The molecule has 1 amide bonds. The number of carbonyl (C=O) groups excluding carboxylic acids is 1. The number of nitrogens with two attached hydrogens (primary N) is 1. The van der Waals surface area contributed by atoms with Crippen LogP contribution in [0.1, 0.15) is 5.56 Å². The van der Waals surface area contributed by atoms with Crippen molar-refractivity contribution in [2.45, 2.75) is 19.0 Å². The number of aromatic amines is 1. The lowest BCUT2D eigenvalue weighted by atomic mass is 10.1. The maximum Gasteiger partial charge on any atom is 0.241 e. The summed E-state index contributed by atoms with van der Waals surface area (Å²) < 4.78 is 6.71. The molecule has 1 aromatic carbocycles. The van der Waals surface area contributed by atoms with Gasteiger partial charge in [0.15, 0.2) is 0 Å². The number of ether oxygens (including phenoxy) is 1. The molecule has 3 rings (SSSR count). The summed E-state index contributed by atoms with van der Waals surface area (Å²) in [6.45, 7) is 1.20. The number of carbonyl (C=O) groups is 1. The number of nitrogens with zero attached hydrogens (tertiary/aromatic N) is 2. The second-order valence-corrected chi connectivity index (χ2v) is 5.64. The highest BCUT2D eigenvalue weighted by Gasteiger charge is 2.17. The molecule has 4 N–H and O–H groups in total. The van der Waals surface area contributed by atoms with Crippen molar-refractivity contribution >= 4 is 22.5 Å². The van der Waals surface area contributed by atoms with E-state index in [9.17, 15) is 4.79 Å². The van der Waals surface area contributed by atoms with Gasteiger partial charge in [0, 0.05) is 30.4 Å². The fraction of sp³-hybridized carbons (Fsp3) is 0.294. The monoisotopic (exact) mass is 327 g/mol. The highest BCUT2D eigenvalue weighted by Crippen LogP contribution is 2.19. The zero-order valence-electron chi connectivity index (χ0n) is 13.5. The number of para-hydroxylation sites is 1. The van der Waals surface area contributed by atoms with E-state index in [4.69, 9.17) is 10.5 Å². The van der Waals surface area contributed by atoms with Crippen LogP contribution in [0.25, 0.3) is 10.9 Å². The van der Waals surface area contributed by atoms with Gasteiger partial charge in [-0.1, -0.05) is 18.2 Å². The molecule has 24 heavy (non-hydrogen) atoms. The molecular formula is C17H21N5O2. The van der Waals surface area contributed by atoms with E-state index >= 15 is 0 Å². The molecule has 2 heterocycles. The van der Waals surface area contributed by atoms with Gasteiger partial charge in [-0.2, -0.15) is 5.10 Å². The van der Waals surface area contributed by atoms with E-state index < -0.39 is 6.04 Å². The highest BCUT2D eigenvalue weighted by atomic mass is 16.5. The van der Waals surface area contributed by atoms with E-state index in [0.29, 0.717) is 25.3 Å². The third kappa shape index (κ3) is 3.64. The van der Waals surface area contributed by atoms with Crippen molar-refractivity contribution in [2.75, 3.05) is 19.0 Å². The predicted octanol–water partition coefficient (Wildman–Crippen LogP) is 1.52. The quantitative estimate of drug-likeness (QED) is 0.613. The van der Waals surface area contributed by atoms with Crippen LogP contribution in [0.2, 0.25) is 0 Å². The first-order chi connectivity index (χ1) is 11.7. The largest absolute Gasteiger partial charge is 0.383 e. The number of aromatic nitrogens is 3. The van der Waals surface area contributed by atoms with E-state index in [1.54, 1.807) is 24.2 Å². The Morgan fingerprint density at radius 3 is 3.12 bits per heavy atom. The van der Waals surface area contributed by atoms with Crippen LogP contribution in [0.4, 0.5) is 5.69 Å². The van der Waals surface area contributed by atoms with Crippen LogP contribution < -0.4 is 11.1 Å². The van der Waals surface area contributed by atoms with E-state index in [1.165, 1.54) is 0 Å². The Hall–Kier alpha value is -2.64. The summed E-state index contributed by atoms with van der Waals surface area (Å²) in [6.07, 6.45) is 5.73. The molecule has 2 aromatic heterocycles. The highest BCUT2D eigenvalue weighted by molar-refractivity contribution is 5.95. The molecule has 3 aromatic rings. The van der Waals surface area contributed by atoms with Gasteiger partial charge in [0.2, 0.25) is 5.91 Å². The number of nitrogens with one attached hydrogen (secondary N) is 2. The first-order valence-electron chi connectivity index (χ1n) is 7.80. The van der Waals surface area contributed by atoms with Crippen LogP contribution in [0.15, 0.2) is 42.9 Å². The molecule has 0 unspecified atom stereocenters. The normalized spacial score (nSPS) is 12.4. The van der Waals surface area contributed by atoms with Crippen LogP contribution in [-0.4, -0.2) is 40.4 Å². The number of rotatable bonds is 7. The minimum absolute atomic E-state index is 0.230. The second-order valence-electron chi connectivity index (χ2n) is 5.64. The van der Waals surface area contributed by atoms with Crippen molar-refractivity contribution in [3.05, 3.63) is 48.4 Å². The summed E-state index contributed by atoms with van der Waals surface area (Å²) in [6, 6.07) is 7.33. The number of H-pyrrole nitrogens is 1. The van der Waals surface area contributed by atoms with Gasteiger partial charge in [-0.15, -0.1) is 0 Å². The van der Waals surface area contributed by atoms with Crippen molar-refractivity contribution in [3.63, 3.8) is 0 Å². The number of anilines is 1. The van der Waals surface area contributed by atoms with Gasteiger partial charge in [-0.25, -0.2) is 0 Å². The van der Waals surface area contributed by atoms with Gasteiger partial charge in [0.25, 0.3) is 0 Å². The molecule has 126 valence electrons. The first-order valence-corrected chi connectivity index (χ1v) is 7.80. The SMILES string of the molecule is COCCn1cc(NC(=O)[C@@H](N)Cc2c[nH]c3ccccc23)cn1. The summed E-state index contributed by atoms with van der Waals surface area (Å²) >= 11 is 0. The topological polar surface area (TPSA) is 98.0 Å². The molecule has 0 fully saturated rings. The van der Waals surface area contributed by atoms with Crippen LogP contribution in [0.5, 0.6) is 0 Å². The number of benzene rings is 1. The zero-order chi connectivity index (χ0) is 16.9. The molecule has 0 spiro atoms. The van der Waals surface area contributed by atoms with Gasteiger partial charge < -0.3 is 20.8 Å². The summed E-state index contributed by atoms with van der Waals surface area (Å²) in [4.78, 5) is 15.5. The Labute approximate surface area is 139 Å². The van der Waals surface area contributed by atoms with Crippen LogP contribution in [-0.2, 0) is 22.5 Å². The standard InChI is InChI=1S/C17H21N5O2/c1-24-7-6-22-11-13(10-20-22)21-17(23)15(18)8-12-9-19-16-5-3-2-4-14(12)16/h2-5,9-11,15,19H,6-8,18H2,1H3,(H,21,23)/t15-/m0/s1. The van der Waals surface area contributed by atoms with Crippen molar-refractivity contribution in [1.82, 2.24) is 14.8 Å². The van der Waals surface area contributed by atoms with Gasteiger partial charge in [0.1, 0.15) is 0 Å². The van der Waals surface area contributed by atoms with Crippen LogP contribution in [0, 0.1) is 0 Å². The Morgan fingerprint density at radius 1 is 1.46 bits per heavy atom. The summed E-state index contributed by atoms with van der Waals surface area (Å²) in [5, 5.41) is 8.05. The molecule has 7 nitrogen and oxygen atoms in total. The van der Waals surface area contributed by atoms with Crippen molar-refractivity contribution in [2.24, 2.45) is 5.73 Å². The summed E-state index contributed by atoms with van der Waals surface area (Å²) in [7, 11) is 1.63. The zero-order valence-corrected chi connectivity index (χ0v) is 13.5. The van der Waals surface area contributed by atoms with Crippen molar-refractivity contribution < 1.29 is 9.53 Å². The minimum Gasteiger partial charge on any atom is -0.383 e. The number of amides is 1. The lowest BCUT2D eigenvalue weighted by Crippen LogP contribution is -2.37. The Morgan fingerprint density at radius 2 is 2.29 bits per heavy atom. The van der Waals surface area contributed by atoms with Crippen molar-refractivity contribution in [1.29, 1.82) is 0 Å². The average Bonchev–Trinajstić information content (AvgIpc) is 3.20. The maximum atomic E-state index is 12.3. The molecule has 0 aliphatic heterocycles. The molecule has 0 bridgehead atoms. The summed E-state index contributed by atoms with van der Waals surface area (Å²) in [5.74, 6) is -0.230. The smallest absolute Gasteiger partial charge is 0.241 e. The number of hydrogen-bond acceptors (Lipinski definition) is 4. The average molecular weight is 327 g/mol. The third-order valence-electron chi connectivity index (χ3n) is 3.88. The number of methoxy groups -OCH3 is 1. The van der Waals surface area contributed by atoms with E-state index in [0.717, 1.165) is 16.5 Å². The number of hydrogen-bond donors (Lipinski definition) is 3. The van der Waals surface area contributed by atoms with E-state index in [1.807, 2.05) is 30.5 Å². The lowest BCUT2D eigenvalue weighted by molar-refractivity contribution is -0.117. The fourth-order valence-electron chi connectivity index (χ4n) is 2.60. The number of fused-ring (bicyclic) bond motifs is 1. The van der Waals surface area contributed by atoms with Gasteiger partial charge >= 0.3 is 0 Å². The van der Waals surface area contributed by atoms with Crippen molar-refractivity contribution in [3.8, 4) is 0 Å². The van der Waals surface area contributed by atoms with E-state index in [-0.39, 0.29) is 5.91 Å². The first kappa shape index (κ1) is 16.2. The van der Waals surface area contributed by atoms with Gasteiger partial charge in [-0.05, 0) is 18.1 Å².